The maximum atomic E-state index is 9.54. The normalized spacial score (nSPS) is 11.2. The van der Waals surface area contributed by atoms with Crippen molar-refractivity contribution in [2.24, 2.45) is 0 Å². The van der Waals surface area contributed by atoms with Gasteiger partial charge in [-0.05, 0) is 36.8 Å². The van der Waals surface area contributed by atoms with E-state index in [-0.39, 0.29) is 13.4 Å². The van der Waals surface area contributed by atoms with Crippen LogP contribution in [-0.2, 0) is 11.3 Å². The highest BCUT2D eigenvalue weighted by Crippen LogP contribution is 2.22. The zero-order chi connectivity index (χ0) is 15.2. The molecule has 2 aromatic carbocycles. The zero-order valence-electron chi connectivity index (χ0n) is 12.6. The van der Waals surface area contributed by atoms with Crippen molar-refractivity contribution in [3.8, 4) is 5.75 Å². The Hall–Kier alpha value is -1.41. The zero-order valence-corrected chi connectivity index (χ0v) is 13.6. The van der Waals surface area contributed by atoms with Crippen molar-refractivity contribution in [1.82, 2.24) is 0 Å². The van der Waals surface area contributed by atoms with E-state index in [2.05, 4.69) is 25.1 Å². The molecule has 0 aliphatic heterocycles. The molecule has 112 valence electrons. The van der Waals surface area contributed by atoms with Gasteiger partial charge in [-0.1, -0.05) is 44.0 Å². The molecule has 0 saturated carbocycles. The molecule has 1 N–H and O–H groups in total. The largest absolute Gasteiger partial charge is 0.467 e. The van der Waals surface area contributed by atoms with E-state index in [9.17, 15) is 5.11 Å². The first kappa shape index (κ1) is 16.0. The number of benzene rings is 2. The van der Waals surface area contributed by atoms with Gasteiger partial charge in [0, 0.05) is 12.4 Å². The highest BCUT2D eigenvalue weighted by atomic mass is 31.1. The first-order valence-corrected chi connectivity index (χ1v) is 7.84. The number of aliphatic hydroxyl groups is 1. The van der Waals surface area contributed by atoms with Crippen LogP contribution in [0.1, 0.15) is 16.7 Å². The third kappa shape index (κ3) is 4.28. The molecule has 0 saturated heterocycles. The highest BCUT2D eigenvalue weighted by Gasteiger charge is 2.09. The van der Waals surface area contributed by atoms with Crippen LogP contribution >= 0.6 is 8.58 Å². The summed E-state index contributed by atoms with van der Waals surface area (Å²) < 4.78 is 10.6. The van der Waals surface area contributed by atoms with Crippen molar-refractivity contribution >= 4 is 19.2 Å². The minimum atomic E-state index is 0.0596. The van der Waals surface area contributed by atoms with E-state index in [1.54, 1.807) is 7.11 Å². The minimum absolute atomic E-state index is 0.0596. The van der Waals surface area contributed by atoms with Gasteiger partial charge in [-0.3, -0.25) is 0 Å². The molecule has 0 aliphatic rings. The summed E-state index contributed by atoms with van der Waals surface area (Å²) in [6.45, 7) is 4.40. The first-order valence-electron chi connectivity index (χ1n) is 6.84. The van der Waals surface area contributed by atoms with Gasteiger partial charge in [0.1, 0.15) is 5.75 Å². The number of methoxy groups -OCH3 is 1. The third-order valence-corrected chi connectivity index (χ3v) is 4.58. The van der Waals surface area contributed by atoms with E-state index in [1.165, 1.54) is 5.56 Å². The molecular weight excluding hydrogens is 283 g/mol. The van der Waals surface area contributed by atoms with E-state index < -0.39 is 0 Å². The second-order valence-electron chi connectivity index (χ2n) is 4.99. The summed E-state index contributed by atoms with van der Waals surface area (Å²) in [5, 5.41) is 11.8. The summed E-state index contributed by atoms with van der Waals surface area (Å²) in [5.41, 5.74) is 3.33. The molecule has 21 heavy (non-hydrogen) atoms. The van der Waals surface area contributed by atoms with E-state index in [0.717, 1.165) is 27.5 Å². The van der Waals surface area contributed by atoms with Crippen LogP contribution in [0.5, 0.6) is 5.75 Å². The van der Waals surface area contributed by atoms with Crippen LogP contribution in [0.2, 0.25) is 0 Å². The lowest BCUT2D eigenvalue weighted by Gasteiger charge is -2.14. The Morgan fingerprint density at radius 1 is 1.00 bits per heavy atom. The fraction of sp³-hybridized carbons (Fsp3) is 0.294. The number of hydrogen-bond acceptors (Lipinski definition) is 3. The lowest BCUT2D eigenvalue weighted by Crippen LogP contribution is -2.13. The van der Waals surface area contributed by atoms with Crippen LogP contribution in [-0.4, -0.2) is 19.0 Å². The molecule has 0 heterocycles. The second kappa shape index (κ2) is 7.56. The molecule has 2 aromatic rings. The van der Waals surface area contributed by atoms with Gasteiger partial charge >= 0.3 is 0 Å². The van der Waals surface area contributed by atoms with E-state index >= 15 is 0 Å². The molecule has 0 bridgehead atoms. The van der Waals surface area contributed by atoms with Crippen LogP contribution in [0.4, 0.5) is 0 Å². The summed E-state index contributed by atoms with van der Waals surface area (Å²) in [6, 6.07) is 12.3. The van der Waals surface area contributed by atoms with Gasteiger partial charge < -0.3 is 14.6 Å². The number of aryl methyl sites for hydroxylation is 2. The molecule has 4 heteroatoms. The van der Waals surface area contributed by atoms with Crippen molar-refractivity contribution in [1.29, 1.82) is 0 Å². The van der Waals surface area contributed by atoms with Gasteiger partial charge in [0.05, 0.1) is 6.61 Å². The number of hydrogen-bond donors (Lipinski definition) is 1. The molecule has 0 spiro atoms. The van der Waals surface area contributed by atoms with Crippen molar-refractivity contribution in [3.63, 3.8) is 0 Å². The molecule has 0 fully saturated rings. The van der Waals surface area contributed by atoms with Gasteiger partial charge in [0.2, 0.25) is 0 Å². The summed E-state index contributed by atoms with van der Waals surface area (Å²) in [5.74, 6) is 0.838. The SMILES string of the molecule is COCOc1ccc(C)cc1Pc1ccc(C)cc1CO. The van der Waals surface area contributed by atoms with Gasteiger partial charge in [-0.15, -0.1) is 0 Å². The molecular formula is C17H21O3P. The average molecular weight is 304 g/mol. The third-order valence-electron chi connectivity index (χ3n) is 3.17. The molecule has 0 amide bonds. The monoisotopic (exact) mass is 304 g/mol. The Balaban J connectivity index is 2.31. The predicted molar refractivity (Wildman–Crippen MR) is 88.4 cm³/mol. The quantitative estimate of drug-likeness (QED) is 0.658. The second-order valence-corrected chi connectivity index (χ2v) is 6.32. The summed E-state index contributed by atoms with van der Waals surface area (Å²) in [6.07, 6.45) is 0. The van der Waals surface area contributed by atoms with Gasteiger partial charge in [0.25, 0.3) is 0 Å². The van der Waals surface area contributed by atoms with Crippen LogP contribution in [0.25, 0.3) is 0 Å². The Labute approximate surface area is 127 Å². The van der Waals surface area contributed by atoms with Crippen LogP contribution in [0.15, 0.2) is 36.4 Å². The number of ether oxygens (including phenoxy) is 2. The van der Waals surface area contributed by atoms with Crippen LogP contribution < -0.4 is 15.3 Å². The van der Waals surface area contributed by atoms with Crippen LogP contribution in [0, 0.1) is 13.8 Å². The van der Waals surface area contributed by atoms with E-state index in [1.807, 2.05) is 25.1 Å². The molecule has 0 aliphatic carbocycles. The Bertz CT molecular complexity index is 611. The van der Waals surface area contributed by atoms with Crippen molar-refractivity contribution in [2.45, 2.75) is 20.5 Å². The number of aliphatic hydroxyl groups excluding tert-OH is 1. The van der Waals surface area contributed by atoms with Gasteiger partial charge in [-0.2, -0.15) is 0 Å². The van der Waals surface area contributed by atoms with Gasteiger partial charge in [-0.25, -0.2) is 0 Å². The van der Waals surface area contributed by atoms with Crippen molar-refractivity contribution in [3.05, 3.63) is 53.1 Å². The standard InChI is InChI=1S/C17H21O3P/c1-12-5-7-16(14(8-12)10-18)21-17-9-13(2)4-6-15(17)20-11-19-3/h4-9,18,21H,10-11H2,1-3H3. The smallest absolute Gasteiger partial charge is 0.188 e. The summed E-state index contributed by atoms with van der Waals surface area (Å²) in [4.78, 5) is 0. The fourth-order valence-electron chi connectivity index (χ4n) is 2.11. The lowest BCUT2D eigenvalue weighted by molar-refractivity contribution is 0.0519. The molecule has 3 nitrogen and oxygen atoms in total. The molecule has 2 rings (SSSR count). The van der Waals surface area contributed by atoms with Crippen molar-refractivity contribution in [2.75, 3.05) is 13.9 Å². The maximum Gasteiger partial charge on any atom is 0.188 e. The summed E-state index contributed by atoms with van der Waals surface area (Å²) >= 11 is 0. The van der Waals surface area contributed by atoms with Gasteiger partial charge in [0.15, 0.2) is 6.79 Å². The molecule has 1 atom stereocenters. The Kier molecular flexibility index (Phi) is 5.75. The summed E-state index contributed by atoms with van der Waals surface area (Å²) in [7, 11) is 2.06. The topological polar surface area (TPSA) is 38.7 Å². The Morgan fingerprint density at radius 2 is 1.71 bits per heavy atom. The minimum Gasteiger partial charge on any atom is -0.467 e. The van der Waals surface area contributed by atoms with Crippen molar-refractivity contribution < 1.29 is 14.6 Å². The first-order chi connectivity index (χ1) is 10.1. The molecule has 0 radical (unpaired) electrons. The van der Waals surface area contributed by atoms with E-state index in [0.29, 0.717) is 8.58 Å². The maximum absolute atomic E-state index is 9.54. The lowest BCUT2D eigenvalue weighted by atomic mass is 10.1. The molecule has 0 aromatic heterocycles. The Morgan fingerprint density at radius 3 is 2.43 bits per heavy atom. The van der Waals surface area contributed by atoms with E-state index in [4.69, 9.17) is 9.47 Å². The predicted octanol–water partition coefficient (Wildman–Crippen LogP) is 2.41. The van der Waals surface area contributed by atoms with Crippen LogP contribution in [0.3, 0.4) is 0 Å². The highest BCUT2D eigenvalue weighted by molar-refractivity contribution is 7.55. The molecule has 1 unspecified atom stereocenters. The number of rotatable bonds is 6. The average Bonchev–Trinajstić information content (AvgIpc) is 2.48. The fourth-order valence-corrected chi connectivity index (χ4v) is 3.46.